The van der Waals surface area contributed by atoms with Gasteiger partial charge in [0.15, 0.2) is 12.4 Å². The summed E-state index contributed by atoms with van der Waals surface area (Å²) in [6.45, 7) is 4.28. The highest BCUT2D eigenvalue weighted by Crippen LogP contribution is 2.29. The molecule has 1 aromatic carbocycles. The van der Waals surface area contributed by atoms with Crippen molar-refractivity contribution in [2.75, 3.05) is 13.7 Å². The fourth-order valence-corrected chi connectivity index (χ4v) is 2.84. The van der Waals surface area contributed by atoms with Gasteiger partial charge in [-0.2, -0.15) is 0 Å². The van der Waals surface area contributed by atoms with Crippen LogP contribution >= 0.6 is 0 Å². The second-order valence-corrected chi connectivity index (χ2v) is 6.07. The number of esters is 1. The van der Waals surface area contributed by atoms with E-state index in [2.05, 4.69) is 10.0 Å². The Hall–Kier alpha value is -2.12. The van der Waals surface area contributed by atoms with Crippen molar-refractivity contribution < 1.29 is 23.7 Å². The summed E-state index contributed by atoms with van der Waals surface area (Å²) in [4.78, 5) is 15.4. The Bertz CT molecular complexity index is 621. The molecule has 0 bridgehead atoms. The molecule has 0 aliphatic carbocycles. The van der Waals surface area contributed by atoms with Gasteiger partial charge in [0.05, 0.1) is 17.7 Å². The lowest BCUT2D eigenvalue weighted by molar-refractivity contribution is -0.266. The van der Waals surface area contributed by atoms with E-state index >= 15 is 0 Å². The molecule has 0 aromatic heterocycles. The molecular weight excluding hydrogens is 338 g/mol. The monoisotopic (exact) mass is 363 g/mol. The summed E-state index contributed by atoms with van der Waals surface area (Å²) in [6, 6.07) is 8.01. The molecule has 5 atom stereocenters. The SMILES string of the molecule is CCCCOC1C(OC(=O)c2ccccc2)[C@@H](OC)OC(C)[C@H]1N=[N+]=[N-]. The van der Waals surface area contributed by atoms with E-state index in [0.29, 0.717) is 12.2 Å². The van der Waals surface area contributed by atoms with E-state index in [1.807, 2.05) is 13.0 Å². The Kier molecular flexibility index (Phi) is 7.87. The van der Waals surface area contributed by atoms with Crippen molar-refractivity contribution in [1.29, 1.82) is 0 Å². The molecule has 8 nitrogen and oxygen atoms in total. The van der Waals surface area contributed by atoms with E-state index in [1.165, 1.54) is 7.11 Å². The average Bonchev–Trinajstić information content (AvgIpc) is 2.66. The Labute approximate surface area is 153 Å². The van der Waals surface area contributed by atoms with Crippen molar-refractivity contribution in [2.24, 2.45) is 5.11 Å². The highest BCUT2D eigenvalue weighted by molar-refractivity contribution is 5.89. The molecule has 0 saturated carbocycles. The third-order valence-corrected chi connectivity index (χ3v) is 4.24. The Morgan fingerprint density at radius 3 is 2.65 bits per heavy atom. The highest BCUT2D eigenvalue weighted by atomic mass is 16.7. The van der Waals surface area contributed by atoms with Crippen LogP contribution in [-0.4, -0.2) is 50.3 Å². The molecule has 0 spiro atoms. The number of carbonyl (C=O) groups is 1. The van der Waals surface area contributed by atoms with Gasteiger partial charge in [-0.3, -0.25) is 0 Å². The van der Waals surface area contributed by atoms with Crippen LogP contribution in [0.25, 0.3) is 10.4 Å². The number of hydrogen-bond acceptors (Lipinski definition) is 6. The van der Waals surface area contributed by atoms with Gasteiger partial charge in [-0.1, -0.05) is 36.7 Å². The first kappa shape index (κ1) is 20.2. The number of carbonyl (C=O) groups excluding carboxylic acids is 1. The van der Waals surface area contributed by atoms with Crippen molar-refractivity contribution in [2.45, 2.75) is 57.3 Å². The molecule has 142 valence electrons. The molecular formula is C18H25N3O5. The molecule has 1 aromatic rings. The molecule has 2 rings (SSSR count). The standard InChI is InChI=1S/C18H25N3O5/c1-4-5-11-24-15-14(20-21-19)12(2)25-18(23-3)16(15)26-17(22)13-9-7-6-8-10-13/h6-10,12,14-16,18H,4-5,11H2,1-3H3/t12?,14-,15?,16?,18+/m1/s1. The predicted molar refractivity (Wildman–Crippen MR) is 94.6 cm³/mol. The van der Waals surface area contributed by atoms with Crippen LogP contribution < -0.4 is 0 Å². The smallest absolute Gasteiger partial charge is 0.338 e. The molecule has 1 aliphatic rings. The zero-order valence-corrected chi connectivity index (χ0v) is 15.3. The molecule has 0 amide bonds. The van der Waals surface area contributed by atoms with Crippen LogP contribution in [0.4, 0.5) is 0 Å². The van der Waals surface area contributed by atoms with Crippen LogP contribution in [0, 0.1) is 0 Å². The topological polar surface area (TPSA) is 103 Å². The van der Waals surface area contributed by atoms with Crippen LogP contribution in [0.15, 0.2) is 35.4 Å². The largest absolute Gasteiger partial charge is 0.451 e. The summed E-state index contributed by atoms with van der Waals surface area (Å²) in [5.74, 6) is -0.514. The fourth-order valence-electron chi connectivity index (χ4n) is 2.84. The molecule has 8 heteroatoms. The summed E-state index contributed by atoms with van der Waals surface area (Å²) in [5.41, 5.74) is 9.31. The van der Waals surface area contributed by atoms with Crippen LogP contribution in [-0.2, 0) is 18.9 Å². The molecule has 1 aliphatic heterocycles. The van der Waals surface area contributed by atoms with Gasteiger partial charge in [0.2, 0.25) is 0 Å². The number of azide groups is 1. The number of methoxy groups -OCH3 is 1. The normalized spacial score (nSPS) is 28.2. The average molecular weight is 363 g/mol. The van der Waals surface area contributed by atoms with E-state index in [-0.39, 0.29) is 0 Å². The van der Waals surface area contributed by atoms with E-state index in [4.69, 9.17) is 24.5 Å². The lowest BCUT2D eigenvalue weighted by Crippen LogP contribution is -2.59. The van der Waals surface area contributed by atoms with Crippen molar-refractivity contribution in [3.8, 4) is 0 Å². The molecule has 1 heterocycles. The molecule has 1 saturated heterocycles. The van der Waals surface area contributed by atoms with Crippen LogP contribution in [0.3, 0.4) is 0 Å². The number of unbranched alkanes of at least 4 members (excludes halogenated alkanes) is 1. The van der Waals surface area contributed by atoms with Gasteiger partial charge in [0, 0.05) is 18.6 Å². The number of ether oxygens (including phenoxy) is 4. The zero-order valence-electron chi connectivity index (χ0n) is 15.3. The molecule has 26 heavy (non-hydrogen) atoms. The van der Waals surface area contributed by atoms with Gasteiger partial charge in [-0.15, -0.1) is 0 Å². The zero-order chi connectivity index (χ0) is 18.9. The van der Waals surface area contributed by atoms with Crippen LogP contribution in [0.1, 0.15) is 37.0 Å². The lowest BCUT2D eigenvalue weighted by atomic mass is 9.97. The van der Waals surface area contributed by atoms with Crippen LogP contribution in [0.2, 0.25) is 0 Å². The van der Waals surface area contributed by atoms with Crippen molar-refractivity contribution in [3.63, 3.8) is 0 Å². The quantitative estimate of drug-likeness (QED) is 0.231. The van der Waals surface area contributed by atoms with Gasteiger partial charge in [0.25, 0.3) is 0 Å². The summed E-state index contributed by atoms with van der Waals surface area (Å²) in [7, 11) is 1.47. The van der Waals surface area contributed by atoms with Gasteiger partial charge in [-0.25, -0.2) is 4.79 Å². The molecule has 1 fully saturated rings. The highest BCUT2D eigenvalue weighted by Gasteiger charge is 2.47. The molecule has 3 unspecified atom stereocenters. The van der Waals surface area contributed by atoms with E-state index in [1.54, 1.807) is 31.2 Å². The second kappa shape index (κ2) is 10.1. The number of benzene rings is 1. The van der Waals surface area contributed by atoms with Gasteiger partial charge in [0.1, 0.15) is 6.10 Å². The van der Waals surface area contributed by atoms with Crippen molar-refractivity contribution in [1.82, 2.24) is 0 Å². The first-order chi connectivity index (χ1) is 12.6. The Balaban J connectivity index is 2.25. The molecule has 0 N–H and O–H groups in total. The first-order valence-electron chi connectivity index (χ1n) is 8.72. The number of hydrogen-bond donors (Lipinski definition) is 0. The molecule has 0 radical (unpaired) electrons. The Morgan fingerprint density at radius 1 is 1.31 bits per heavy atom. The maximum absolute atomic E-state index is 12.5. The van der Waals surface area contributed by atoms with Crippen molar-refractivity contribution >= 4 is 5.97 Å². The van der Waals surface area contributed by atoms with Gasteiger partial charge < -0.3 is 18.9 Å². The lowest BCUT2D eigenvalue weighted by Gasteiger charge is -2.42. The minimum absolute atomic E-state index is 0.411. The van der Waals surface area contributed by atoms with Gasteiger partial charge >= 0.3 is 5.97 Å². The fraction of sp³-hybridized carbons (Fsp3) is 0.611. The summed E-state index contributed by atoms with van der Waals surface area (Å²) in [6.07, 6.45) is -0.961. The second-order valence-electron chi connectivity index (χ2n) is 6.07. The van der Waals surface area contributed by atoms with E-state index < -0.39 is 36.6 Å². The maximum Gasteiger partial charge on any atom is 0.338 e. The minimum Gasteiger partial charge on any atom is -0.451 e. The number of rotatable bonds is 8. The van der Waals surface area contributed by atoms with Crippen molar-refractivity contribution in [3.05, 3.63) is 46.3 Å². The van der Waals surface area contributed by atoms with E-state index in [9.17, 15) is 4.79 Å². The summed E-state index contributed by atoms with van der Waals surface area (Å²) >= 11 is 0. The number of nitrogens with zero attached hydrogens (tertiary/aromatic N) is 3. The van der Waals surface area contributed by atoms with Gasteiger partial charge in [-0.05, 0) is 31.0 Å². The first-order valence-corrected chi connectivity index (χ1v) is 8.72. The van der Waals surface area contributed by atoms with Crippen LogP contribution in [0.5, 0.6) is 0 Å². The Morgan fingerprint density at radius 2 is 2.04 bits per heavy atom. The predicted octanol–water partition coefficient (Wildman–Crippen LogP) is 3.47. The third kappa shape index (κ3) is 4.95. The summed E-state index contributed by atoms with van der Waals surface area (Å²) in [5, 5.41) is 3.81. The maximum atomic E-state index is 12.5. The summed E-state index contributed by atoms with van der Waals surface area (Å²) < 4.78 is 22.7. The minimum atomic E-state index is -0.851. The van der Waals surface area contributed by atoms with E-state index in [0.717, 1.165) is 12.8 Å². The third-order valence-electron chi connectivity index (χ3n) is 4.24.